The van der Waals surface area contributed by atoms with E-state index in [2.05, 4.69) is 4.90 Å². The van der Waals surface area contributed by atoms with Crippen LogP contribution in [0, 0.1) is 17.8 Å². The second-order valence-electron chi connectivity index (χ2n) is 7.51. The number of carbonyl (C=O) groups is 2. The van der Waals surface area contributed by atoms with Crippen molar-refractivity contribution in [1.82, 2.24) is 9.80 Å². The molecule has 3 rings (SSSR count). The summed E-state index contributed by atoms with van der Waals surface area (Å²) >= 11 is 0. The minimum Gasteiger partial charge on any atom is -0.343 e. The number of piperidine rings is 1. The fraction of sp³-hybridized carbons (Fsp3) is 0.889. The van der Waals surface area contributed by atoms with Crippen LogP contribution in [0.25, 0.3) is 0 Å². The van der Waals surface area contributed by atoms with E-state index in [0.29, 0.717) is 23.7 Å². The van der Waals surface area contributed by atoms with Gasteiger partial charge in [-0.2, -0.15) is 0 Å². The Bertz CT molecular complexity index is 409. The van der Waals surface area contributed by atoms with Gasteiger partial charge in [-0.3, -0.25) is 9.59 Å². The third-order valence-corrected chi connectivity index (χ3v) is 6.14. The molecular weight excluding hydrogens is 276 g/mol. The molecule has 1 unspecified atom stereocenters. The van der Waals surface area contributed by atoms with Gasteiger partial charge in [0.1, 0.15) is 0 Å². The Morgan fingerprint density at radius 2 is 1.36 bits per heavy atom. The summed E-state index contributed by atoms with van der Waals surface area (Å²) in [5.74, 6) is 2.33. The van der Waals surface area contributed by atoms with Gasteiger partial charge in [0.05, 0.1) is 0 Å². The van der Waals surface area contributed by atoms with Crippen molar-refractivity contribution in [2.75, 3.05) is 26.2 Å². The van der Waals surface area contributed by atoms with Crippen molar-refractivity contribution in [2.45, 2.75) is 58.3 Å². The summed E-state index contributed by atoms with van der Waals surface area (Å²) in [5, 5.41) is 0. The Labute approximate surface area is 134 Å². The van der Waals surface area contributed by atoms with Crippen molar-refractivity contribution < 1.29 is 9.59 Å². The molecule has 2 heterocycles. The SMILES string of the molecule is CC(=O)N1CCC(C2CCN(C(=O)C3CCCCC3)C2)CC1. The van der Waals surface area contributed by atoms with E-state index in [0.717, 1.165) is 51.9 Å². The molecule has 1 saturated carbocycles. The average Bonchev–Trinajstić information content (AvgIpc) is 3.05. The van der Waals surface area contributed by atoms with Crippen molar-refractivity contribution in [1.29, 1.82) is 0 Å². The van der Waals surface area contributed by atoms with Crippen LogP contribution in [0.2, 0.25) is 0 Å². The second kappa shape index (κ2) is 7.01. The van der Waals surface area contributed by atoms with E-state index >= 15 is 0 Å². The summed E-state index contributed by atoms with van der Waals surface area (Å²) < 4.78 is 0. The Kier molecular flexibility index (Phi) is 5.04. The normalized spacial score (nSPS) is 28.1. The topological polar surface area (TPSA) is 40.6 Å². The molecule has 0 aromatic carbocycles. The van der Waals surface area contributed by atoms with E-state index in [9.17, 15) is 9.59 Å². The van der Waals surface area contributed by atoms with Crippen LogP contribution >= 0.6 is 0 Å². The van der Waals surface area contributed by atoms with Gasteiger partial charge in [0.15, 0.2) is 0 Å². The number of rotatable bonds is 2. The molecule has 0 aromatic heterocycles. The van der Waals surface area contributed by atoms with Gasteiger partial charge in [-0.15, -0.1) is 0 Å². The van der Waals surface area contributed by atoms with E-state index in [1.54, 1.807) is 6.92 Å². The van der Waals surface area contributed by atoms with E-state index in [1.807, 2.05) is 4.90 Å². The zero-order chi connectivity index (χ0) is 15.5. The lowest BCUT2D eigenvalue weighted by Gasteiger charge is -2.34. The predicted molar refractivity (Wildman–Crippen MR) is 86.2 cm³/mol. The van der Waals surface area contributed by atoms with Gasteiger partial charge >= 0.3 is 0 Å². The highest BCUT2D eigenvalue weighted by atomic mass is 16.2. The fourth-order valence-corrected chi connectivity index (χ4v) is 4.67. The van der Waals surface area contributed by atoms with E-state index in [4.69, 9.17) is 0 Å². The molecule has 1 aliphatic carbocycles. The molecule has 2 saturated heterocycles. The molecule has 0 N–H and O–H groups in total. The van der Waals surface area contributed by atoms with Crippen LogP contribution in [0.5, 0.6) is 0 Å². The molecule has 124 valence electrons. The highest BCUT2D eigenvalue weighted by Gasteiger charge is 2.36. The van der Waals surface area contributed by atoms with Gasteiger partial charge in [-0.05, 0) is 43.9 Å². The van der Waals surface area contributed by atoms with Crippen LogP contribution in [0.15, 0.2) is 0 Å². The molecule has 0 aromatic rings. The molecule has 4 heteroatoms. The van der Waals surface area contributed by atoms with E-state index < -0.39 is 0 Å². The highest BCUT2D eigenvalue weighted by molar-refractivity contribution is 5.79. The lowest BCUT2D eigenvalue weighted by atomic mass is 9.83. The lowest BCUT2D eigenvalue weighted by Crippen LogP contribution is -2.40. The van der Waals surface area contributed by atoms with Crippen LogP contribution in [0.1, 0.15) is 58.3 Å². The molecule has 0 radical (unpaired) electrons. The standard InChI is InChI=1S/C18H30N2O2/c1-14(21)19-10-7-15(8-11-19)17-9-12-20(13-17)18(22)16-5-3-2-4-6-16/h15-17H,2-13H2,1H3. The van der Waals surface area contributed by atoms with E-state index in [-0.39, 0.29) is 5.91 Å². The number of hydrogen-bond donors (Lipinski definition) is 0. The van der Waals surface area contributed by atoms with Crippen LogP contribution in [0.4, 0.5) is 0 Å². The smallest absolute Gasteiger partial charge is 0.225 e. The molecule has 1 atom stereocenters. The quantitative estimate of drug-likeness (QED) is 0.787. The van der Waals surface area contributed by atoms with Gasteiger partial charge in [-0.1, -0.05) is 19.3 Å². The zero-order valence-electron chi connectivity index (χ0n) is 13.9. The third kappa shape index (κ3) is 3.47. The first kappa shape index (κ1) is 15.8. The summed E-state index contributed by atoms with van der Waals surface area (Å²) in [6, 6.07) is 0. The summed E-state index contributed by atoms with van der Waals surface area (Å²) in [6.07, 6.45) is 9.40. The second-order valence-corrected chi connectivity index (χ2v) is 7.51. The number of carbonyl (C=O) groups excluding carboxylic acids is 2. The maximum Gasteiger partial charge on any atom is 0.225 e. The zero-order valence-corrected chi connectivity index (χ0v) is 13.9. The Balaban J connectivity index is 1.48. The third-order valence-electron chi connectivity index (χ3n) is 6.14. The first-order valence-corrected chi connectivity index (χ1v) is 9.19. The molecule has 4 nitrogen and oxygen atoms in total. The summed E-state index contributed by atoms with van der Waals surface area (Å²) in [7, 11) is 0. The molecule has 2 amide bonds. The van der Waals surface area contributed by atoms with Crippen LogP contribution in [-0.4, -0.2) is 47.8 Å². The largest absolute Gasteiger partial charge is 0.343 e. The first-order valence-electron chi connectivity index (χ1n) is 9.19. The fourth-order valence-electron chi connectivity index (χ4n) is 4.67. The summed E-state index contributed by atoms with van der Waals surface area (Å²) in [5.41, 5.74) is 0. The lowest BCUT2D eigenvalue weighted by molar-refractivity contribution is -0.135. The number of amides is 2. The molecule has 22 heavy (non-hydrogen) atoms. The Morgan fingerprint density at radius 3 is 2.00 bits per heavy atom. The monoisotopic (exact) mass is 306 g/mol. The van der Waals surface area contributed by atoms with Gasteiger partial charge in [-0.25, -0.2) is 0 Å². The molecule has 3 fully saturated rings. The van der Waals surface area contributed by atoms with Crippen LogP contribution in [-0.2, 0) is 9.59 Å². The Hall–Kier alpha value is -1.06. The van der Waals surface area contributed by atoms with Crippen molar-refractivity contribution in [3.05, 3.63) is 0 Å². The highest BCUT2D eigenvalue weighted by Crippen LogP contribution is 2.34. The van der Waals surface area contributed by atoms with Gasteiger partial charge in [0, 0.05) is 39.0 Å². The summed E-state index contributed by atoms with van der Waals surface area (Å²) in [6.45, 7) is 5.42. The van der Waals surface area contributed by atoms with Crippen LogP contribution < -0.4 is 0 Å². The van der Waals surface area contributed by atoms with Crippen molar-refractivity contribution >= 4 is 11.8 Å². The molecule has 3 aliphatic rings. The Morgan fingerprint density at radius 1 is 0.773 bits per heavy atom. The number of nitrogens with zero attached hydrogens (tertiary/aromatic N) is 2. The van der Waals surface area contributed by atoms with Gasteiger partial charge < -0.3 is 9.80 Å². The van der Waals surface area contributed by atoms with Crippen molar-refractivity contribution in [3.63, 3.8) is 0 Å². The maximum atomic E-state index is 12.6. The van der Waals surface area contributed by atoms with E-state index in [1.165, 1.54) is 25.7 Å². The predicted octanol–water partition coefficient (Wildman–Crippen LogP) is 2.67. The van der Waals surface area contributed by atoms with Gasteiger partial charge in [0.2, 0.25) is 11.8 Å². The first-order chi connectivity index (χ1) is 10.6. The molecular formula is C18H30N2O2. The van der Waals surface area contributed by atoms with Gasteiger partial charge in [0.25, 0.3) is 0 Å². The average molecular weight is 306 g/mol. The molecule has 0 spiro atoms. The van der Waals surface area contributed by atoms with Crippen molar-refractivity contribution in [2.24, 2.45) is 17.8 Å². The maximum absolute atomic E-state index is 12.6. The number of hydrogen-bond acceptors (Lipinski definition) is 2. The summed E-state index contributed by atoms with van der Waals surface area (Å²) in [4.78, 5) is 28.2. The molecule has 0 bridgehead atoms. The van der Waals surface area contributed by atoms with Crippen molar-refractivity contribution in [3.8, 4) is 0 Å². The minimum absolute atomic E-state index is 0.207. The number of likely N-dealkylation sites (tertiary alicyclic amines) is 2. The minimum atomic E-state index is 0.207. The molecule has 2 aliphatic heterocycles. The van der Waals surface area contributed by atoms with Crippen LogP contribution in [0.3, 0.4) is 0 Å².